The van der Waals surface area contributed by atoms with Crippen LogP contribution in [0.4, 0.5) is 34.9 Å². The second kappa shape index (κ2) is 11.2. The molecule has 4 aromatic rings. The van der Waals surface area contributed by atoms with Crippen LogP contribution in [0.25, 0.3) is 0 Å². The third-order valence-corrected chi connectivity index (χ3v) is 4.82. The highest BCUT2D eigenvalue weighted by Crippen LogP contribution is 2.22. The second-order valence-electron chi connectivity index (χ2n) is 7.20. The van der Waals surface area contributed by atoms with E-state index in [1.165, 1.54) is 12.1 Å². The van der Waals surface area contributed by atoms with Gasteiger partial charge in [-0.3, -0.25) is 10.1 Å². The number of para-hydroxylation sites is 1. The summed E-state index contributed by atoms with van der Waals surface area (Å²) >= 11 is 0. The lowest BCUT2D eigenvalue weighted by molar-refractivity contribution is -0.384. The molecular formula is C24H22N8O4. The van der Waals surface area contributed by atoms with Crippen LogP contribution in [0.15, 0.2) is 77.9 Å². The summed E-state index contributed by atoms with van der Waals surface area (Å²) < 4.78 is 10.5. The average molecular weight is 486 g/mol. The summed E-state index contributed by atoms with van der Waals surface area (Å²) in [4.78, 5) is 23.6. The lowest BCUT2D eigenvalue weighted by Gasteiger charge is -2.10. The fourth-order valence-electron chi connectivity index (χ4n) is 3.07. The zero-order valence-corrected chi connectivity index (χ0v) is 19.4. The molecule has 3 N–H and O–H groups in total. The summed E-state index contributed by atoms with van der Waals surface area (Å²) in [7, 11) is 3.17. The molecule has 0 atom stereocenters. The van der Waals surface area contributed by atoms with Crippen molar-refractivity contribution < 1.29 is 14.4 Å². The van der Waals surface area contributed by atoms with Crippen LogP contribution < -0.4 is 25.5 Å². The zero-order chi connectivity index (χ0) is 25.3. The van der Waals surface area contributed by atoms with Crippen LogP contribution in [0, 0.1) is 10.1 Å². The number of nitrogens with zero attached hydrogens (tertiary/aromatic N) is 5. The molecule has 4 rings (SSSR count). The highest BCUT2D eigenvalue weighted by atomic mass is 16.6. The minimum absolute atomic E-state index is 0.0221. The molecule has 0 fully saturated rings. The van der Waals surface area contributed by atoms with E-state index in [4.69, 9.17) is 9.47 Å². The van der Waals surface area contributed by atoms with Gasteiger partial charge in [0.1, 0.15) is 11.5 Å². The van der Waals surface area contributed by atoms with E-state index in [2.05, 4.69) is 36.1 Å². The Labute approximate surface area is 206 Å². The van der Waals surface area contributed by atoms with Crippen molar-refractivity contribution in [1.82, 2.24) is 15.0 Å². The van der Waals surface area contributed by atoms with Gasteiger partial charge >= 0.3 is 0 Å². The molecule has 1 aromatic heterocycles. The van der Waals surface area contributed by atoms with Gasteiger partial charge in [-0.25, -0.2) is 5.43 Å². The number of nitrogens with one attached hydrogen (secondary N) is 3. The molecule has 12 nitrogen and oxygen atoms in total. The van der Waals surface area contributed by atoms with Crippen LogP contribution in [0.5, 0.6) is 11.5 Å². The standard InChI is InChI=1S/C24H22N8O4/c1-35-20-13-9-18(10-14-20)27-23-28-22(26-17-7-11-19(12-8-17)32(33)34)29-24(30-23)31-25-15-16-5-3-4-6-21(16)36-2/h3-15H,1-2H3,(H3,26,27,28,29,30,31)/b25-15+. The van der Waals surface area contributed by atoms with E-state index in [1.54, 1.807) is 44.7 Å². The number of nitro groups is 1. The summed E-state index contributed by atoms with van der Waals surface area (Å²) in [5, 5.41) is 21.3. The maximum absolute atomic E-state index is 10.9. The number of non-ortho nitro benzene ring substituents is 1. The molecule has 0 aliphatic carbocycles. The number of benzene rings is 3. The Balaban J connectivity index is 1.59. The number of nitro benzene ring substituents is 1. The van der Waals surface area contributed by atoms with Crippen LogP contribution >= 0.6 is 0 Å². The first-order valence-electron chi connectivity index (χ1n) is 10.6. The number of hydrazone groups is 1. The van der Waals surface area contributed by atoms with Crippen LogP contribution in [0.2, 0.25) is 0 Å². The van der Waals surface area contributed by atoms with Gasteiger partial charge in [0.2, 0.25) is 17.8 Å². The van der Waals surface area contributed by atoms with Crippen LogP contribution in [0.3, 0.4) is 0 Å². The van der Waals surface area contributed by atoms with Crippen molar-refractivity contribution >= 4 is 41.1 Å². The SMILES string of the molecule is COc1ccc(Nc2nc(N/N=C/c3ccccc3OC)nc(Nc3ccc([N+](=O)[O-])cc3)n2)cc1. The van der Waals surface area contributed by atoms with Gasteiger partial charge in [-0.1, -0.05) is 12.1 Å². The molecule has 3 aromatic carbocycles. The largest absolute Gasteiger partial charge is 0.497 e. The lowest BCUT2D eigenvalue weighted by Crippen LogP contribution is -2.07. The summed E-state index contributed by atoms with van der Waals surface area (Å²) in [6.07, 6.45) is 1.59. The van der Waals surface area contributed by atoms with Crippen molar-refractivity contribution in [1.29, 1.82) is 0 Å². The number of rotatable bonds is 10. The predicted octanol–water partition coefficient (Wildman–Crippen LogP) is 4.73. The average Bonchev–Trinajstić information content (AvgIpc) is 2.89. The first-order chi connectivity index (χ1) is 17.5. The van der Waals surface area contributed by atoms with Gasteiger partial charge in [0.25, 0.3) is 5.69 Å². The van der Waals surface area contributed by atoms with Crippen molar-refractivity contribution in [2.75, 3.05) is 30.3 Å². The molecule has 1 heterocycles. The van der Waals surface area contributed by atoms with Gasteiger partial charge in [-0.05, 0) is 48.5 Å². The molecule has 0 aliphatic heterocycles. The van der Waals surface area contributed by atoms with E-state index >= 15 is 0 Å². The molecule has 0 aliphatic rings. The number of hydrogen-bond donors (Lipinski definition) is 3. The van der Waals surface area contributed by atoms with E-state index in [-0.39, 0.29) is 23.5 Å². The number of hydrogen-bond acceptors (Lipinski definition) is 11. The Hall–Kier alpha value is -5.26. The van der Waals surface area contributed by atoms with Crippen LogP contribution in [0.1, 0.15) is 5.56 Å². The van der Waals surface area contributed by atoms with Gasteiger partial charge in [0.05, 0.1) is 25.4 Å². The third-order valence-electron chi connectivity index (χ3n) is 4.82. The molecule has 0 bridgehead atoms. The van der Waals surface area contributed by atoms with Crippen molar-refractivity contribution in [3.8, 4) is 11.5 Å². The molecule has 0 amide bonds. The minimum atomic E-state index is -0.467. The van der Waals surface area contributed by atoms with E-state index in [1.807, 2.05) is 36.4 Å². The monoisotopic (exact) mass is 486 g/mol. The first kappa shape index (κ1) is 23.9. The Morgan fingerprint density at radius 2 is 1.39 bits per heavy atom. The van der Waals surface area contributed by atoms with Gasteiger partial charge in [0.15, 0.2) is 0 Å². The Morgan fingerprint density at radius 1 is 0.806 bits per heavy atom. The number of ether oxygens (including phenoxy) is 2. The number of aromatic nitrogens is 3. The Bertz CT molecular complexity index is 1360. The van der Waals surface area contributed by atoms with Gasteiger partial charge in [-0.2, -0.15) is 20.1 Å². The Morgan fingerprint density at radius 3 is 1.97 bits per heavy atom. The minimum Gasteiger partial charge on any atom is -0.497 e. The van der Waals surface area contributed by atoms with Gasteiger partial charge in [-0.15, -0.1) is 0 Å². The molecule has 0 spiro atoms. The maximum Gasteiger partial charge on any atom is 0.269 e. The van der Waals surface area contributed by atoms with E-state index in [9.17, 15) is 10.1 Å². The highest BCUT2D eigenvalue weighted by Gasteiger charge is 2.10. The predicted molar refractivity (Wildman–Crippen MR) is 137 cm³/mol. The quantitative estimate of drug-likeness (QED) is 0.163. The summed E-state index contributed by atoms with van der Waals surface area (Å²) in [6.45, 7) is 0. The highest BCUT2D eigenvalue weighted by molar-refractivity contribution is 5.83. The van der Waals surface area contributed by atoms with E-state index in [0.29, 0.717) is 17.2 Å². The fraction of sp³-hybridized carbons (Fsp3) is 0.0833. The van der Waals surface area contributed by atoms with Crippen molar-refractivity contribution in [3.05, 3.63) is 88.5 Å². The van der Waals surface area contributed by atoms with Gasteiger partial charge < -0.3 is 20.1 Å². The second-order valence-corrected chi connectivity index (χ2v) is 7.20. The van der Waals surface area contributed by atoms with E-state index in [0.717, 1.165) is 11.3 Å². The summed E-state index contributed by atoms with van der Waals surface area (Å²) in [5.74, 6) is 1.99. The summed E-state index contributed by atoms with van der Waals surface area (Å²) in [5.41, 5.74) is 4.83. The van der Waals surface area contributed by atoms with Crippen LogP contribution in [-0.4, -0.2) is 40.3 Å². The molecule has 182 valence electrons. The summed E-state index contributed by atoms with van der Waals surface area (Å²) in [6, 6.07) is 20.6. The first-order valence-corrected chi connectivity index (χ1v) is 10.6. The molecule has 0 saturated heterocycles. The number of methoxy groups -OCH3 is 2. The molecular weight excluding hydrogens is 464 g/mol. The molecule has 12 heteroatoms. The van der Waals surface area contributed by atoms with Crippen molar-refractivity contribution in [2.24, 2.45) is 5.10 Å². The molecule has 0 radical (unpaired) electrons. The lowest BCUT2D eigenvalue weighted by atomic mass is 10.2. The zero-order valence-electron chi connectivity index (χ0n) is 19.4. The topological polar surface area (TPSA) is 149 Å². The molecule has 0 unspecified atom stereocenters. The van der Waals surface area contributed by atoms with E-state index < -0.39 is 4.92 Å². The van der Waals surface area contributed by atoms with Gasteiger partial charge in [0, 0.05) is 29.1 Å². The third kappa shape index (κ3) is 6.20. The van der Waals surface area contributed by atoms with Crippen LogP contribution in [-0.2, 0) is 0 Å². The smallest absolute Gasteiger partial charge is 0.269 e. The molecule has 36 heavy (non-hydrogen) atoms. The van der Waals surface area contributed by atoms with Crippen molar-refractivity contribution in [3.63, 3.8) is 0 Å². The fourth-order valence-corrected chi connectivity index (χ4v) is 3.07. The normalized spacial score (nSPS) is 10.6. The van der Waals surface area contributed by atoms with Crippen molar-refractivity contribution in [2.45, 2.75) is 0 Å². The Kier molecular flexibility index (Phi) is 7.46. The number of anilines is 5. The molecule has 0 saturated carbocycles. The maximum atomic E-state index is 10.9.